The number of hydrogen-bond donors (Lipinski definition) is 1. The van der Waals surface area contributed by atoms with Crippen molar-refractivity contribution in [2.24, 2.45) is 11.8 Å². The molecule has 1 aromatic rings. The topological polar surface area (TPSA) is 41.6 Å². The van der Waals surface area contributed by atoms with Gasteiger partial charge in [0.25, 0.3) is 0 Å². The maximum atomic E-state index is 13.1. The van der Waals surface area contributed by atoms with E-state index in [1.54, 1.807) is 0 Å². The van der Waals surface area contributed by atoms with Gasteiger partial charge >= 0.3 is 0 Å². The van der Waals surface area contributed by atoms with Crippen LogP contribution in [-0.2, 0) is 10.2 Å². The molecule has 0 bridgehead atoms. The van der Waals surface area contributed by atoms with Gasteiger partial charge in [0.05, 0.1) is 12.0 Å². The first-order valence-corrected chi connectivity index (χ1v) is 9.52. The van der Waals surface area contributed by atoms with E-state index in [1.165, 1.54) is 0 Å². The maximum absolute atomic E-state index is 13.1. The monoisotopic (exact) mass is 382 g/mol. The molecule has 0 spiro atoms. The summed E-state index contributed by atoms with van der Waals surface area (Å²) in [4.78, 5) is 15.1. The van der Waals surface area contributed by atoms with Crippen LogP contribution in [0.1, 0.15) is 46.1 Å². The van der Waals surface area contributed by atoms with Crippen molar-refractivity contribution < 1.29 is 9.53 Å². The number of amides is 1. The Balaban J connectivity index is 0.00000338. The predicted molar refractivity (Wildman–Crippen MR) is 110 cm³/mol. The quantitative estimate of drug-likeness (QED) is 0.778. The van der Waals surface area contributed by atoms with Crippen molar-refractivity contribution in [2.75, 3.05) is 33.3 Å². The highest BCUT2D eigenvalue weighted by Crippen LogP contribution is 2.29. The van der Waals surface area contributed by atoms with Gasteiger partial charge in [-0.25, -0.2) is 0 Å². The van der Waals surface area contributed by atoms with Crippen molar-refractivity contribution in [1.29, 1.82) is 0 Å². The van der Waals surface area contributed by atoms with Gasteiger partial charge in [-0.15, -0.1) is 12.4 Å². The van der Waals surface area contributed by atoms with Crippen LogP contribution in [0.15, 0.2) is 24.3 Å². The Morgan fingerprint density at radius 1 is 1.23 bits per heavy atom. The maximum Gasteiger partial charge on any atom is 0.232 e. The molecule has 0 saturated carbocycles. The number of nitrogens with zero attached hydrogens (tertiary/aromatic N) is 1. The fourth-order valence-corrected chi connectivity index (χ4v) is 3.38. The Morgan fingerprint density at radius 3 is 2.31 bits per heavy atom. The van der Waals surface area contributed by atoms with Gasteiger partial charge < -0.3 is 15.0 Å². The van der Waals surface area contributed by atoms with Crippen LogP contribution < -0.4 is 10.1 Å². The molecule has 5 heteroatoms. The number of likely N-dealkylation sites (tertiary alicyclic amines) is 1. The molecule has 1 amide bonds. The van der Waals surface area contributed by atoms with E-state index < -0.39 is 5.41 Å². The average Bonchev–Trinajstić information content (AvgIpc) is 2.60. The lowest BCUT2D eigenvalue weighted by atomic mass is 9.82. The van der Waals surface area contributed by atoms with Gasteiger partial charge in [-0.05, 0) is 69.8 Å². The van der Waals surface area contributed by atoms with Crippen LogP contribution in [0.3, 0.4) is 0 Å². The molecule has 1 N–H and O–H groups in total. The zero-order valence-electron chi connectivity index (χ0n) is 16.9. The summed E-state index contributed by atoms with van der Waals surface area (Å²) in [5, 5.41) is 3.24. The Bertz CT molecular complexity index is 550. The lowest BCUT2D eigenvalue weighted by molar-refractivity contribution is -0.137. The Kier molecular flexibility index (Phi) is 8.91. The molecule has 1 aliphatic heterocycles. The SMILES string of the molecule is CNCC1CCN(C(=O)C(C)(C)c2ccc(OCC(C)C)cc2)CC1.Cl. The lowest BCUT2D eigenvalue weighted by Crippen LogP contribution is -2.47. The largest absolute Gasteiger partial charge is 0.493 e. The second-order valence-corrected chi connectivity index (χ2v) is 8.15. The number of benzene rings is 1. The molecule has 4 nitrogen and oxygen atoms in total. The highest BCUT2D eigenvalue weighted by atomic mass is 35.5. The van der Waals surface area contributed by atoms with E-state index >= 15 is 0 Å². The summed E-state index contributed by atoms with van der Waals surface area (Å²) in [5.74, 6) is 2.29. The minimum atomic E-state index is -0.508. The minimum Gasteiger partial charge on any atom is -0.493 e. The molecule has 0 aliphatic carbocycles. The van der Waals surface area contributed by atoms with Gasteiger partial charge in [-0.1, -0.05) is 26.0 Å². The number of nitrogens with one attached hydrogen (secondary N) is 1. The third-order valence-corrected chi connectivity index (χ3v) is 5.09. The molecular weight excluding hydrogens is 348 g/mol. The van der Waals surface area contributed by atoms with E-state index in [1.807, 2.05) is 50.1 Å². The second-order valence-electron chi connectivity index (χ2n) is 8.15. The average molecular weight is 383 g/mol. The molecule has 1 fully saturated rings. The first-order valence-electron chi connectivity index (χ1n) is 9.52. The summed E-state index contributed by atoms with van der Waals surface area (Å²) in [6, 6.07) is 8.01. The van der Waals surface area contributed by atoms with E-state index in [9.17, 15) is 4.79 Å². The summed E-state index contributed by atoms with van der Waals surface area (Å²) in [7, 11) is 2.00. The normalized spacial score (nSPS) is 15.7. The highest BCUT2D eigenvalue weighted by molar-refractivity contribution is 5.87. The lowest BCUT2D eigenvalue weighted by Gasteiger charge is -2.37. The van der Waals surface area contributed by atoms with Crippen LogP contribution in [0.4, 0.5) is 0 Å². The van der Waals surface area contributed by atoms with Crippen LogP contribution in [0, 0.1) is 11.8 Å². The molecule has 1 aromatic carbocycles. The van der Waals surface area contributed by atoms with Crippen molar-refractivity contribution in [3.05, 3.63) is 29.8 Å². The van der Waals surface area contributed by atoms with E-state index in [-0.39, 0.29) is 18.3 Å². The number of halogens is 1. The van der Waals surface area contributed by atoms with E-state index in [2.05, 4.69) is 19.2 Å². The fraction of sp³-hybridized carbons (Fsp3) is 0.667. The highest BCUT2D eigenvalue weighted by Gasteiger charge is 2.35. The molecule has 1 aliphatic rings. The first-order chi connectivity index (χ1) is 11.8. The third-order valence-electron chi connectivity index (χ3n) is 5.09. The predicted octanol–water partition coefficient (Wildman–Crippen LogP) is 3.88. The van der Waals surface area contributed by atoms with E-state index in [0.717, 1.165) is 43.8 Å². The number of piperidine rings is 1. The zero-order chi connectivity index (χ0) is 18.4. The number of carbonyl (C=O) groups excluding carboxylic acids is 1. The molecule has 2 rings (SSSR count). The standard InChI is InChI=1S/C21H34N2O2.ClH/c1-16(2)15-25-19-8-6-18(7-9-19)21(3,4)20(24)23-12-10-17(11-13-23)14-22-5;/h6-9,16-17,22H,10-15H2,1-5H3;1H. The summed E-state index contributed by atoms with van der Waals surface area (Å²) in [6.45, 7) is 11.8. The van der Waals surface area contributed by atoms with Gasteiger partial charge in [0.2, 0.25) is 5.91 Å². The number of ether oxygens (including phenoxy) is 1. The molecule has 148 valence electrons. The summed E-state index contributed by atoms with van der Waals surface area (Å²) in [5.41, 5.74) is 0.540. The molecule has 0 atom stereocenters. The minimum absolute atomic E-state index is 0. The van der Waals surface area contributed by atoms with Gasteiger partial charge in [-0.3, -0.25) is 4.79 Å². The summed E-state index contributed by atoms with van der Waals surface area (Å²) < 4.78 is 5.75. The molecular formula is C21H35ClN2O2. The van der Waals surface area contributed by atoms with Crippen molar-refractivity contribution in [1.82, 2.24) is 10.2 Å². The fourth-order valence-electron chi connectivity index (χ4n) is 3.38. The number of carbonyl (C=O) groups is 1. The molecule has 1 saturated heterocycles. The molecule has 0 radical (unpaired) electrons. The number of hydrogen-bond acceptors (Lipinski definition) is 3. The molecule has 1 heterocycles. The zero-order valence-corrected chi connectivity index (χ0v) is 17.7. The second kappa shape index (κ2) is 10.2. The van der Waals surface area contributed by atoms with Gasteiger partial charge in [0.15, 0.2) is 0 Å². The molecule has 0 aromatic heterocycles. The van der Waals surface area contributed by atoms with Gasteiger partial charge in [0.1, 0.15) is 5.75 Å². The van der Waals surface area contributed by atoms with Gasteiger partial charge in [0, 0.05) is 13.1 Å². The van der Waals surface area contributed by atoms with Crippen molar-refractivity contribution in [3.8, 4) is 5.75 Å². The Hall–Kier alpha value is -1.26. The summed E-state index contributed by atoms with van der Waals surface area (Å²) in [6.07, 6.45) is 2.18. The van der Waals surface area contributed by atoms with E-state index in [4.69, 9.17) is 4.74 Å². The summed E-state index contributed by atoms with van der Waals surface area (Å²) >= 11 is 0. The van der Waals surface area contributed by atoms with Crippen LogP contribution in [0.25, 0.3) is 0 Å². The van der Waals surface area contributed by atoms with Gasteiger partial charge in [-0.2, -0.15) is 0 Å². The Labute approximate surface area is 165 Å². The van der Waals surface area contributed by atoms with Crippen LogP contribution in [-0.4, -0.2) is 44.1 Å². The smallest absolute Gasteiger partial charge is 0.232 e. The molecule has 0 unspecified atom stereocenters. The van der Waals surface area contributed by atoms with Crippen LogP contribution >= 0.6 is 12.4 Å². The van der Waals surface area contributed by atoms with Crippen molar-refractivity contribution >= 4 is 18.3 Å². The first kappa shape index (κ1) is 22.8. The van der Waals surface area contributed by atoms with Crippen LogP contribution in [0.2, 0.25) is 0 Å². The number of rotatable bonds is 7. The van der Waals surface area contributed by atoms with Crippen LogP contribution in [0.5, 0.6) is 5.75 Å². The van der Waals surface area contributed by atoms with E-state index in [0.29, 0.717) is 18.4 Å². The van der Waals surface area contributed by atoms with Crippen molar-refractivity contribution in [3.63, 3.8) is 0 Å². The third kappa shape index (κ3) is 5.88. The van der Waals surface area contributed by atoms with Crippen molar-refractivity contribution in [2.45, 2.75) is 46.0 Å². The molecule has 26 heavy (non-hydrogen) atoms. The Morgan fingerprint density at radius 2 is 1.81 bits per heavy atom.